The lowest BCUT2D eigenvalue weighted by Crippen LogP contribution is -2.41. The van der Waals surface area contributed by atoms with Gasteiger partial charge >= 0.3 is 12.8 Å². The molecule has 0 spiro atoms. The van der Waals surface area contributed by atoms with Gasteiger partial charge in [0.05, 0.1) is 21.0 Å². The molecular formula is C32H28BClN4O6S2. The van der Waals surface area contributed by atoms with Crippen LogP contribution in [-0.4, -0.2) is 38.1 Å². The summed E-state index contributed by atoms with van der Waals surface area (Å²) in [6, 6.07) is 22.1. The van der Waals surface area contributed by atoms with Crippen molar-refractivity contribution in [2.75, 3.05) is 0 Å². The summed E-state index contributed by atoms with van der Waals surface area (Å²) in [6.45, 7) is 8.32. The lowest BCUT2D eigenvalue weighted by molar-refractivity contribution is -0.385. The van der Waals surface area contributed by atoms with E-state index in [1.165, 1.54) is 34.5 Å². The van der Waals surface area contributed by atoms with Crippen LogP contribution in [0.4, 0.5) is 11.4 Å². The van der Waals surface area contributed by atoms with Crippen LogP contribution in [0.1, 0.15) is 27.7 Å². The number of benzene rings is 2. The SMILES string of the molecule is CC1(C)OB(c2ccc3sccc3c2)OC1(C)C.O=[N+]([O-])c1cccnc1-c1ccc2sccc2c1.O=[N+]([O-])c1cccnc1Cl. The smallest absolute Gasteiger partial charge is 0.399 e. The molecule has 0 amide bonds. The van der Waals surface area contributed by atoms with E-state index in [1.807, 2.05) is 29.6 Å². The lowest BCUT2D eigenvalue weighted by atomic mass is 9.79. The second-order valence-corrected chi connectivity index (χ2v) is 13.4. The van der Waals surface area contributed by atoms with Crippen LogP contribution in [0, 0.1) is 20.2 Å². The highest BCUT2D eigenvalue weighted by atomic mass is 35.5. The molecule has 7 rings (SSSR count). The maximum atomic E-state index is 11.0. The number of hydrogen-bond donors (Lipinski definition) is 0. The molecular weight excluding hydrogens is 647 g/mol. The molecule has 1 fully saturated rings. The average molecular weight is 675 g/mol. The summed E-state index contributed by atoms with van der Waals surface area (Å²) in [4.78, 5) is 27.7. The van der Waals surface area contributed by atoms with Gasteiger partial charge in [-0.1, -0.05) is 29.8 Å². The van der Waals surface area contributed by atoms with Crippen molar-refractivity contribution >= 4 is 78.4 Å². The monoisotopic (exact) mass is 674 g/mol. The molecule has 234 valence electrons. The minimum Gasteiger partial charge on any atom is -0.399 e. The molecule has 4 aromatic heterocycles. The number of rotatable bonds is 4. The fourth-order valence-electron chi connectivity index (χ4n) is 4.51. The van der Waals surface area contributed by atoms with Crippen LogP contribution in [0.3, 0.4) is 0 Å². The number of aromatic nitrogens is 2. The fourth-order valence-corrected chi connectivity index (χ4v) is 6.24. The summed E-state index contributed by atoms with van der Waals surface area (Å²) in [6.07, 6.45) is 2.97. The third-order valence-electron chi connectivity index (χ3n) is 7.65. The van der Waals surface area contributed by atoms with Crippen molar-refractivity contribution in [1.29, 1.82) is 0 Å². The highest BCUT2D eigenvalue weighted by molar-refractivity contribution is 7.17. The molecule has 2 aromatic carbocycles. The topological polar surface area (TPSA) is 131 Å². The fraction of sp³-hybridized carbons (Fsp3) is 0.188. The summed E-state index contributed by atoms with van der Waals surface area (Å²) < 4.78 is 14.6. The van der Waals surface area contributed by atoms with Crippen molar-refractivity contribution in [3.05, 3.63) is 121 Å². The van der Waals surface area contributed by atoms with Crippen molar-refractivity contribution in [1.82, 2.24) is 9.97 Å². The van der Waals surface area contributed by atoms with Crippen LogP contribution in [0.25, 0.3) is 31.4 Å². The van der Waals surface area contributed by atoms with Gasteiger partial charge in [-0.25, -0.2) is 9.97 Å². The average Bonchev–Trinajstić information content (AvgIpc) is 3.74. The summed E-state index contributed by atoms with van der Waals surface area (Å²) in [7, 11) is -0.265. The first-order valence-corrected chi connectivity index (χ1v) is 16.1. The molecule has 1 aliphatic heterocycles. The quantitative estimate of drug-likeness (QED) is 0.0785. The standard InChI is InChI=1S/C14H17BO2S.C13H8N2O2S.C5H3ClN2O2/c1-13(2)14(3,4)17-15(16-13)11-5-6-12-10(9-11)7-8-18-12;16-15(17)11-2-1-6-14-13(11)10-3-4-12-9(8-10)5-7-18-12;6-5-4(8(9)10)2-1-3-7-5/h5-9H,1-4H3;1-8H;1-3H. The normalized spacial score (nSPS) is 14.7. The number of pyridine rings is 2. The van der Waals surface area contributed by atoms with Gasteiger partial charge in [0.1, 0.15) is 5.69 Å². The second-order valence-electron chi connectivity index (χ2n) is 11.2. The predicted octanol–water partition coefficient (Wildman–Crippen LogP) is 8.72. The van der Waals surface area contributed by atoms with Crippen LogP contribution >= 0.6 is 34.3 Å². The van der Waals surface area contributed by atoms with Crippen molar-refractivity contribution < 1.29 is 19.2 Å². The molecule has 1 aliphatic rings. The van der Waals surface area contributed by atoms with Gasteiger partial charge in [-0.15, -0.1) is 22.7 Å². The minimum absolute atomic E-state index is 0.0343. The Bertz CT molecular complexity index is 2020. The number of hydrogen-bond acceptors (Lipinski definition) is 10. The third-order valence-corrected chi connectivity index (χ3v) is 9.73. The Kier molecular flexibility index (Phi) is 9.80. The van der Waals surface area contributed by atoms with E-state index in [-0.39, 0.29) is 34.8 Å². The van der Waals surface area contributed by atoms with Crippen LogP contribution in [-0.2, 0) is 9.31 Å². The number of nitro groups is 2. The van der Waals surface area contributed by atoms with Crippen LogP contribution < -0.4 is 5.46 Å². The number of thiophene rings is 2. The molecule has 5 heterocycles. The maximum Gasteiger partial charge on any atom is 0.494 e. The second kappa shape index (κ2) is 13.6. The van der Waals surface area contributed by atoms with Crippen LogP contribution in [0.5, 0.6) is 0 Å². The van der Waals surface area contributed by atoms with Crippen molar-refractivity contribution in [3.63, 3.8) is 0 Å². The molecule has 10 nitrogen and oxygen atoms in total. The molecule has 0 bridgehead atoms. The van der Waals surface area contributed by atoms with E-state index >= 15 is 0 Å². The van der Waals surface area contributed by atoms with E-state index in [0.717, 1.165) is 21.1 Å². The van der Waals surface area contributed by atoms with Gasteiger partial charge in [-0.05, 0) is 97.2 Å². The van der Waals surface area contributed by atoms with E-state index in [1.54, 1.807) is 34.9 Å². The molecule has 0 radical (unpaired) electrons. The van der Waals surface area contributed by atoms with Crippen molar-refractivity contribution in [2.45, 2.75) is 38.9 Å². The Morgan fingerprint density at radius 2 is 1.28 bits per heavy atom. The number of fused-ring (bicyclic) bond motifs is 2. The van der Waals surface area contributed by atoms with E-state index in [2.05, 4.69) is 67.3 Å². The van der Waals surface area contributed by atoms with Gasteiger partial charge in [0.2, 0.25) is 5.15 Å². The summed E-state index contributed by atoms with van der Waals surface area (Å²) >= 11 is 8.77. The van der Waals surface area contributed by atoms with Gasteiger partial charge < -0.3 is 9.31 Å². The van der Waals surface area contributed by atoms with Crippen LogP contribution in [0.2, 0.25) is 5.15 Å². The first-order chi connectivity index (χ1) is 21.9. The maximum absolute atomic E-state index is 11.0. The van der Waals surface area contributed by atoms with Gasteiger partial charge in [0.25, 0.3) is 5.69 Å². The summed E-state index contributed by atoms with van der Waals surface area (Å²) in [5.41, 5.74) is 1.60. The van der Waals surface area contributed by atoms with Crippen molar-refractivity contribution in [3.8, 4) is 11.3 Å². The van der Waals surface area contributed by atoms with Gasteiger partial charge in [0, 0.05) is 39.5 Å². The molecule has 0 aliphatic carbocycles. The minimum atomic E-state index is -0.574. The van der Waals surface area contributed by atoms with Crippen molar-refractivity contribution in [2.24, 2.45) is 0 Å². The highest BCUT2D eigenvalue weighted by Gasteiger charge is 2.51. The molecule has 0 unspecified atom stereocenters. The molecule has 14 heteroatoms. The molecule has 1 saturated heterocycles. The number of halogens is 1. The first-order valence-electron chi connectivity index (χ1n) is 14.0. The third kappa shape index (κ3) is 7.24. The molecule has 6 aromatic rings. The Morgan fingerprint density at radius 1 is 0.739 bits per heavy atom. The largest absolute Gasteiger partial charge is 0.494 e. The number of nitrogens with zero attached hydrogens (tertiary/aromatic N) is 4. The molecule has 0 N–H and O–H groups in total. The van der Waals surface area contributed by atoms with E-state index in [0.29, 0.717) is 5.69 Å². The van der Waals surface area contributed by atoms with Gasteiger partial charge in [-0.3, -0.25) is 20.2 Å². The zero-order valence-corrected chi connectivity index (χ0v) is 27.6. The van der Waals surface area contributed by atoms with Crippen LogP contribution in [0.15, 0.2) is 96.0 Å². The molecule has 0 saturated carbocycles. The summed E-state index contributed by atoms with van der Waals surface area (Å²) in [5.74, 6) is 0. The van der Waals surface area contributed by atoms with Gasteiger partial charge in [-0.2, -0.15) is 0 Å². The zero-order chi connectivity index (χ0) is 33.1. The Balaban J connectivity index is 0.000000142. The summed E-state index contributed by atoms with van der Waals surface area (Å²) in [5, 5.41) is 27.5. The van der Waals surface area contributed by atoms with Gasteiger partial charge in [0.15, 0.2) is 0 Å². The Labute approximate surface area is 278 Å². The predicted molar refractivity (Wildman–Crippen MR) is 185 cm³/mol. The zero-order valence-electron chi connectivity index (χ0n) is 25.2. The lowest BCUT2D eigenvalue weighted by Gasteiger charge is -2.32. The first kappa shape index (κ1) is 33.1. The Morgan fingerprint density at radius 3 is 1.85 bits per heavy atom. The highest BCUT2D eigenvalue weighted by Crippen LogP contribution is 2.37. The molecule has 0 atom stereocenters. The molecule has 46 heavy (non-hydrogen) atoms. The van der Waals surface area contributed by atoms with E-state index in [9.17, 15) is 20.2 Å². The van der Waals surface area contributed by atoms with E-state index in [4.69, 9.17) is 20.9 Å². The Hall–Kier alpha value is -4.27. The van der Waals surface area contributed by atoms with E-state index < -0.39 is 9.85 Å².